The summed E-state index contributed by atoms with van der Waals surface area (Å²) in [6, 6.07) is 19.3. The quantitative estimate of drug-likeness (QED) is 0.207. The average Bonchev–Trinajstić information content (AvgIpc) is 3.37. The molecule has 35 heavy (non-hydrogen) atoms. The fraction of sp³-hybridized carbons (Fsp3) is 0.233. The number of anilines is 1. The van der Waals surface area contributed by atoms with Gasteiger partial charge in [-0.05, 0) is 82.2 Å². The van der Waals surface area contributed by atoms with Crippen LogP contribution in [0.4, 0.5) is 11.4 Å². The summed E-state index contributed by atoms with van der Waals surface area (Å²) in [5.74, 6) is 4.65. The predicted octanol–water partition coefficient (Wildman–Crippen LogP) is 7.36. The van der Waals surface area contributed by atoms with Gasteiger partial charge in [0.05, 0.1) is 23.3 Å². The Balaban J connectivity index is 1.35. The molecule has 0 radical (unpaired) electrons. The number of halogens is 1. The molecule has 3 aromatic carbocycles. The average molecular weight is 527 g/mol. The zero-order valence-electron chi connectivity index (χ0n) is 19.8. The minimum absolute atomic E-state index is 0.174. The molecule has 1 heterocycles. The molecule has 176 valence electrons. The number of allylic oxidation sites excluding steroid dienone is 2. The van der Waals surface area contributed by atoms with Crippen molar-refractivity contribution in [3.05, 3.63) is 93.5 Å². The largest absolute Gasteiger partial charge is 0.493 e. The Morgan fingerprint density at radius 2 is 2.00 bits per heavy atom. The third-order valence-electron chi connectivity index (χ3n) is 6.68. The van der Waals surface area contributed by atoms with Gasteiger partial charge in [0, 0.05) is 17.8 Å². The number of terminal acetylenes is 1. The molecule has 5 rings (SSSR count). The van der Waals surface area contributed by atoms with Crippen LogP contribution in [0.2, 0.25) is 0 Å². The molecule has 0 bridgehead atoms. The van der Waals surface area contributed by atoms with Gasteiger partial charge in [-0.15, -0.1) is 6.42 Å². The first-order valence-corrected chi connectivity index (χ1v) is 12.5. The van der Waals surface area contributed by atoms with Crippen molar-refractivity contribution in [3.8, 4) is 23.8 Å². The second-order valence-electron chi connectivity index (χ2n) is 8.94. The van der Waals surface area contributed by atoms with Crippen LogP contribution >= 0.6 is 15.9 Å². The van der Waals surface area contributed by atoms with E-state index in [0.717, 1.165) is 22.1 Å². The summed E-state index contributed by atoms with van der Waals surface area (Å²) in [5, 5.41) is 3.81. The van der Waals surface area contributed by atoms with E-state index < -0.39 is 0 Å². The van der Waals surface area contributed by atoms with E-state index in [9.17, 15) is 0 Å². The minimum atomic E-state index is 0.174. The van der Waals surface area contributed by atoms with Crippen LogP contribution < -0.4 is 14.8 Å². The molecule has 1 aliphatic carbocycles. The predicted molar refractivity (Wildman–Crippen MR) is 146 cm³/mol. The van der Waals surface area contributed by atoms with Gasteiger partial charge < -0.3 is 14.8 Å². The topological polar surface area (TPSA) is 42.8 Å². The number of aliphatic imine (C=N–C) groups is 1. The smallest absolute Gasteiger partial charge is 0.176 e. The molecule has 0 saturated carbocycles. The highest BCUT2D eigenvalue weighted by molar-refractivity contribution is 9.10. The summed E-state index contributed by atoms with van der Waals surface area (Å²) < 4.78 is 11.8. The molecule has 5 heteroatoms. The van der Waals surface area contributed by atoms with E-state index in [0.29, 0.717) is 23.3 Å². The summed E-state index contributed by atoms with van der Waals surface area (Å²) >= 11 is 3.54. The van der Waals surface area contributed by atoms with E-state index in [2.05, 4.69) is 93.7 Å². The maximum absolute atomic E-state index is 5.59. The van der Waals surface area contributed by atoms with Crippen molar-refractivity contribution in [3.63, 3.8) is 0 Å². The molecule has 0 saturated heterocycles. The van der Waals surface area contributed by atoms with Crippen LogP contribution in [0.15, 0.2) is 76.2 Å². The Bertz CT molecular complexity index is 1340. The maximum atomic E-state index is 5.59. The van der Waals surface area contributed by atoms with Crippen molar-refractivity contribution in [2.24, 2.45) is 10.9 Å². The molecule has 4 nitrogen and oxygen atoms in total. The van der Waals surface area contributed by atoms with Crippen LogP contribution in [0.25, 0.3) is 0 Å². The summed E-state index contributed by atoms with van der Waals surface area (Å²) in [7, 11) is 1.60. The van der Waals surface area contributed by atoms with Gasteiger partial charge in [-0.25, -0.2) is 0 Å². The SMILES string of the molecule is C#CCOc1c(Br)cc(C=Nc2ccc([C@@H]3Nc4ccc(C)cc4[C@H]4C=CC[C@H]43)cc2)cc1OC. The molecular weight excluding hydrogens is 500 g/mol. The molecule has 0 unspecified atom stereocenters. The van der Waals surface area contributed by atoms with Gasteiger partial charge in [0.25, 0.3) is 0 Å². The molecule has 3 aromatic rings. The standard InChI is InChI=1S/C30H27BrN2O2/c1-4-14-35-30-26(31)16-20(17-28(30)34-3)18-32-22-11-9-21(10-12-22)29-24-7-5-6-23(24)25-15-19(2)8-13-27(25)33-29/h1,5-6,8-13,15-18,23-24,29,33H,7,14H2,2-3H3/t23-,24+,29-/m0/s1. The van der Waals surface area contributed by atoms with Gasteiger partial charge in [0.2, 0.25) is 0 Å². The van der Waals surface area contributed by atoms with Gasteiger partial charge >= 0.3 is 0 Å². The number of hydrogen-bond acceptors (Lipinski definition) is 4. The molecule has 0 amide bonds. The second kappa shape index (κ2) is 10.0. The highest BCUT2D eigenvalue weighted by Gasteiger charge is 2.37. The van der Waals surface area contributed by atoms with Gasteiger partial charge in [0.15, 0.2) is 11.5 Å². The van der Waals surface area contributed by atoms with Gasteiger partial charge in [0.1, 0.15) is 6.61 Å². The van der Waals surface area contributed by atoms with Gasteiger partial charge in [-0.3, -0.25) is 4.99 Å². The van der Waals surface area contributed by atoms with E-state index in [4.69, 9.17) is 15.9 Å². The van der Waals surface area contributed by atoms with E-state index in [-0.39, 0.29) is 12.6 Å². The van der Waals surface area contributed by atoms with Crippen LogP contribution in [0.1, 0.15) is 40.6 Å². The van der Waals surface area contributed by atoms with E-state index in [1.54, 1.807) is 7.11 Å². The molecule has 0 aromatic heterocycles. The highest BCUT2D eigenvalue weighted by Crippen LogP contribution is 2.50. The molecule has 0 fully saturated rings. The number of nitrogens with zero attached hydrogens (tertiary/aromatic N) is 1. The number of rotatable bonds is 6. The van der Waals surface area contributed by atoms with Crippen LogP contribution in [0, 0.1) is 25.2 Å². The number of hydrogen-bond donors (Lipinski definition) is 1. The zero-order valence-corrected chi connectivity index (χ0v) is 21.4. The van der Waals surface area contributed by atoms with Crippen molar-refractivity contribution in [1.82, 2.24) is 0 Å². The lowest BCUT2D eigenvalue weighted by atomic mass is 9.76. The number of nitrogens with one attached hydrogen (secondary N) is 1. The normalized spacial score (nSPS) is 20.1. The van der Waals surface area contributed by atoms with Gasteiger partial charge in [-0.1, -0.05) is 47.9 Å². The molecule has 1 aliphatic heterocycles. The number of fused-ring (bicyclic) bond motifs is 3. The van der Waals surface area contributed by atoms with E-state index in [1.165, 1.54) is 22.4 Å². The van der Waals surface area contributed by atoms with Crippen molar-refractivity contribution in [1.29, 1.82) is 0 Å². The Kier molecular flexibility index (Phi) is 6.66. The lowest BCUT2D eigenvalue weighted by Gasteiger charge is -2.37. The number of methoxy groups -OCH3 is 1. The second-order valence-corrected chi connectivity index (χ2v) is 9.80. The maximum Gasteiger partial charge on any atom is 0.176 e. The Morgan fingerprint density at radius 3 is 2.77 bits per heavy atom. The number of benzene rings is 3. The molecule has 1 N–H and O–H groups in total. The van der Waals surface area contributed by atoms with Crippen molar-refractivity contribution < 1.29 is 9.47 Å². The van der Waals surface area contributed by atoms with Crippen LogP contribution in [0.3, 0.4) is 0 Å². The summed E-state index contributed by atoms with van der Waals surface area (Å²) in [6.07, 6.45) is 12.9. The third-order valence-corrected chi connectivity index (χ3v) is 7.27. The van der Waals surface area contributed by atoms with Gasteiger partial charge in [-0.2, -0.15) is 0 Å². The van der Waals surface area contributed by atoms with E-state index in [1.807, 2.05) is 18.3 Å². The lowest BCUT2D eigenvalue weighted by molar-refractivity contribution is 0.329. The van der Waals surface area contributed by atoms with Crippen LogP contribution in [0.5, 0.6) is 11.5 Å². The Labute approximate surface area is 215 Å². The van der Waals surface area contributed by atoms with Crippen molar-refractivity contribution in [2.75, 3.05) is 19.0 Å². The van der Waals surface area contributed by atoms with Crippen molar-refractivity contribution in [2.45, 2.75) is 25.3 Å². The third kappa shape index (κ3) is 4.72. The Hall–Kier alpha value is -3.49. The fourth-order valence-electron chi connectivity index (χ4n) is 5.03. The Morgan fingerprint density at radius 1 is 1.17 bits per heavy atom. The lowest BCUT2D eigenvalue weighted by Crippen LogP contribution is -2.29. The fourth-order valence-corrected chi connectivity index (χ4v) is 5.60. The highest BCUT2D eigenvalue weighted by atomic mass is 79.9. The monoisotopic (exact) mass is 526 g/mol. The molecular formula is C30H27BrN2O2. The summed E-state index contributed by atoms with van der Waals surface area (Å²) in [4.78, 5) is 4.68. The first kappa shape index (κ1) is 23.3. The van der Waals surface area contributed by atoms with E-state index >= 15 is 0 Å². The first-order valence-electron chi connectivity index (χ1n) is 11.7. The zero-order chi connectivity index (χ0) is 24.4. The molecule has 3 atom stereocenters. The van der Waals surface area contributed by atoms with Crippen LogP contribution in [-0.2, 0) is 0 Å². The summed E-state index contributed by atoms with van der Waals surface area (Å²) in [5.41, 5.74) is 7.04. The van der Waals surface area contributed by atoms with Crippen LogP contribution in [-0.4, -0.2) is 19.9 Å². The molecule has 2 aliphatic rings. The first-order chi connectivity index (χ1) is 17.1. The minimum Gasteiger partial charge on any atom is -0.493 e. The summed E-state index contributed by atoms with van der Waals surface area (Å²) in [6.45, 7) is 2.34. The number of aryl methyl sites for hydroxylation is 1. The number of ether oxygens (including phenoxy) is 2. The van der Waals surface area contributed by atoms with Crippen molar-refractivity contribution >= 4 is 33.5 Å². The molecule has 0 spiro atoms.